The second-order valence-corrected chi connectivity index (χ2v) is 7.56. The molecule has 1 aliphatic rings. The number of aliphatic hydroxyl groups excluding tert-OH is 1. The number of nitrogens with zero attached hydrogens (tertiary/aromatic N) is 2. The Morgan fingerprint density at radius 1 is 1.33 bits per heavy atom. The number of aromatic nitrogens is 3. The zero-order chi connectivity index (χ0) is 21.3. The molecule has 1 aromatic carbocycles. The fourth-order valence-corrected chi connectivity index (χ4v) is 3.68. The van der Waals surface area contributed by atoms with Crippen molar-refractivity contribution >= 4 is 11.0 Å². The molecule has 0 atom stereocenters. The fourth-order valence-electron chi connectivity index (χ4n) is 3.68. The van der Waals surface area contributed by atoms with E-state index in [1.54, 1.807) is 42.1 Å². The Labute approximate surface area is 174 Å². The Balaban J connectivity index is 1.88. The van der Waals surface area contributed by atoms with Crippen molar-refractivity contribution in [2.75, 3.05) is 0 Å². The summed E-state index contributed by atoms with van der Waals surface area (Å²) in [5.74, 6) is 2.33. The number of aromatic amines is 1. The molecule has 2 heterocycles. The quantitative estimate of drug-likeness (QED) is 0.478. The lowest BCUT2D eigenvalue weighted by atomic mass is 9.82. The van der Waals surface area contributed by atoms with E-state index in [4.69, 9.17) is 9.72 Å². The average molecular weight is 403 g/mol. The Bertz CT molecular complexity index is 1210. The number of aliphatic hydroxyl groups is 1. The van der Waals surface area contributed by atoms with Gasteiger partial charge in [0.2, 0.25) is 5.56 Å². The number of ether oxygens (including phenoxy) is 1. The maximum Gasteiger partial charge on any atom is 0.250 e. The van der Waals surface area contributed by atoms with E-state index in [-0.39, 0.29) is 17.6 Å². The van der Waals surface area contributed by atoms with Crippen molar-refractivity contribution in [2.45, 2.75) is 31.8 Å². The van der Waals surface area contributed by atoms with E-state index in [0.29, 0.717) is 24.4 Å². The van der Waals surface area contributed by atoms with Crippen LogP contribution in [0, 0.1) is 0 Å². The third kappa shape index (κ3) is 3.74. The first kappa shape index (κ1) is 19.9. The minimum absolute atomic E-state index is 0.0750. The molecule has 0 aliphatic heterocycles. The van der Waals surface area contributed by atoms with Gasteiger partial charge in [-0.1, -0.05) is 18.7 Å². The molecule has 0 unspecified atom stereocenters. The topological polar surface area (TPSA) is 80.1 Å². The van der Waals surface area contributed by atoms with E-state index >= 15 is 0 Å². The van der Waals surface area contributed by atoms with Crippen LogP contribution in [0.4, 0.5) is 0 Å². The van der Waals surface area contributed by atoms with Crippen LogP contribution in [0.3, 0.4) is 0 Å². The smallest absolute Gasteiger partial charge is 0.250 e. The van der Waals surface area contributed by atoms with Crippen LogP contribution in [-0.4, -0.2) is 25.7 Å². The monoisotopic (exact) mass is 403 g/mol. The average Bonchev–Trinajstić information content (AvgIpc) is 3.12. The number of allylic oxidation sites excluding steroid dienone is 4. The first-order valence-electron chi connectivity index (χ1n) is 10.0. The van der Waals surface area contributed by atoms with Crippen LogP contribution in [0.5, 0.6) is 5.75 Å². The van der Waals surface area contributed by atoms with Crippen LogP contribution < -0.4 is 10.3 Å². The lowest BCUT2D eigenvalue weighted by Crippen LogP contribution is -2.27. The molecule has 0 amide bonds. The fraction of sp³-hybridized carbons (Fsp3) is 0.250. The molecule has 0 bridgehead atoms. The highest BCUT2D eigenvalue weighted by atomic mass is 16.5. The van der Waals surface area contributed by atoms with Gasteiger partial charge in [-0.25, -0.2) is 4.98 Å². The number of fused-ring (bicyclic) bond motifs is 1. The summed E-state index contributed by atoms with van der Waals surface area (Å²) in [5, 5.41) is 9.67. The van der Waals surface area contributed by atoms with Crippen molar-refractivity contribution in [3.63, 3.8) is 0 Å². The number of imidazole rings is 1. The molecule has 6 nitrogen and oxygen atoms in total. The van der Waals surface area contributed by atoms with E-state index in [0.717, 1.165) is 28.0 Å². The van der Waals surface area contributed by atoms with Crippen LogP contribution in [0.2, 0.25) is 0 Å². The molecule has 30 heavy (non-hydrogen) atoms. The van der Waals surface area contributed by atoms with Crippen LogP contribution in [-0.2, 0) is 7.05 Å². The molecular weight excluding hydrogens is 378 g/mol. The molecule has 0 saturated heterocycles. The minimum atomic E-state index is -0.253. The number of rotatable bonds is 6. The van der Waals surface area contributed by atoms with Crippen LogP contribution in [0.25, 0.3) is 22.2 Å². The van der Waals surface area contributed by atoms with Crippen LogP contribution >= 0.6 is 0 Å². The van der Waals surface area contributed by atoms with Crippen molar-refractivity contribution < 1.29 is 9.84 Å². The predicted octanol–water partition coefficient (Wildman–Crippen LogP) is 4.19. The minimum Gasteiger partial charge on any atom is -0.454 e. The maximum absolute atomic E-state index is 11.9. The normalized spacial score (nSPS) is 19.2. The van der Waals surface area contributed by atoms with Crippen molar-refractivity contribution in [2.24, 2.45) is 7.05 Å². The molecule has 6 heteroatoms. The van der Waals surface area contributed by atoms with Crippen LogP contribution in [0.1, 0.15) is 31.5 Å². The summed E-state index contributed by atoms with van der Waals surface area (Å²) >= 11 is 0. The van der Waals surface area contributed by atoms with Gasteiger partial charge in [0.05, 0.1) is 11.6 Å². The molecular formula is C24H25N3O3. The zero-order valence-electron chi connectivity index (χ0n) is 17.1. The van der Waals surface area contributed by atoms with Crippen LogP contribution in [0.15, 0.2) is 71.9 Å². The number of hydrogen-bond acceptors (Lipinski definition) is 4. The number of aryl methyl sites for hydroxylation is 1. The number of H-pyrrole nitrogens is 1. The first-order valence-corrected chi connectivity index (χ1v) is 10.0. The molecule has 0 radical (unpaired) electrons. The summed E-state index contributed by atoms with van der Waals surface area (Å²) in [4.78, 5) is 20.1. The maximum atomic E-state index is 11.9. The van der Waals surface area contributed by atoms with Gasteiger partial charge in [-0.15, -0.1) is 0 Å². The third-order valence-electron chi connectivity index (χ3n) is 5.36. The third-order valence-corrected chi connectivity index (χ3v) is 5.36. The molecule has 1 saturated carbocycles. The second-order valence-electron chi connectivity index (χ2n) is 7.56. The number of benzene rings is 1. The molecule has 2 aromatic heterocycles. The van der Waals surface area contributed by atoms with E-state index in [1.807, 2.05) is 31.2 Å². The first-order chi connectivity index (χ1) is 14.5. The Morgan fingerprint density at radius 3 is 2.80 bits per heavy atom. The molecule has 0 spiro atoms. The van der Waals surface area contributed by atoms with Crippen molar-refractivity contribution in [1.82, 2.24) is 14.5 Å². The van der Waals surface area contributed by atoms with Gasteiger partial charge in [0.1, 0.15) is 17.1 Å². The second kappa shape index (κ2) is 8.16. The standard InChI is InChI=1S/C24H25N3O3/c1-4-6-18(7-5-2)30-23-19(15-8-11-21(29)27(3)14-15)9-10-20-22(23)26-24(25-20)16-12-17(28)13-16/h4-11,14,16-17,28H,1,12-13H2,2-3H3,(H,25,26)/b7-5-,18-6+. The molecule has 2 N–H and O–H groups in total. The number of hydrogen-bond donors (Lipinski definition) is 2. The molecule has 4 rings (SSSR count). The largest absolute Gasteiger partial charge is 0.454 e. The highest BCUT2D eigenvalue weighted by Gasteiger charge is 2.31. The predicted molar refractivity (Wildman–Crippen MR) is 118 cm³/mol. The molecule has 3 aromatic rings. The van der Waals surface area contributed by atoms with Gasteiger partial charge < -0.3 is 19.4 Å². The van der Waals surface area contributed by atoms with Crippen molar-refractivity contribution in [3.8, 4) is 16.9 Å². The zero-order valence-corrected chi connectivity index (χ0v) is 17.1. The van der Waals surface area contributed by atoms with Gasteiger partial charge in [0.15, 0.2) is 5.75 Å². The Hall–Kier alpha value is -3.38. The highest BCUT2D eigenvalue weighted by Crippen LogP contribution is 2.40. The van der Waals surface area contributed by atoms with Gasteiger partial charge in [-0.3, -0.25) is 4.79 Å². The summed E-state index contributed by atoms with van der Waals surface area (Å²) in [6.07, 6.45) is 10.2. The SMILES string of the molecule is C=C/C=C(\C=C/C)Oc1c(-c2ccc(=O)n(C)c2)ccc2[nH]c(C3CC(O)C3)nc12. The van der Waals surface area contributed by atoms with E-state index in [9.17, 15) is 9.90 Å². The van der Waals surface area contributed by atoms with Gasteiger partial charge in [-0.05, 0) is 50.1 Å². The Morgan fingerprint density at radius 2 is 2.13 bits per heavy atom. The summed E-state index contributed by atoms with van der Waals surface area (Å²) < 4.78 is 7.86. The summed E-state index contributed by atoms with van der Waals surface area (Å²) in [6, 6.07) is 7.28. The lowest BCUT2D eigenvalue weighted by Gasteiger charge is -2.29. The summed E-state index contributed by atoms with van der Waals surface area (Å²) in [6.45, 7) is 5.69. The van der Waals surface area contributed by atoms with Crippen molar-refractivity contribution in [3.05, 3.63) is 83.3 Å². The van der Waals surface area contributed by atoms with E-state index < -0.39 is 0 Å². The van der Waals surface area contributed by atoms with Gasteiger partial charge in [0, 0.05) is 36.4 Å². The van der Waals surface area contributed by atoms with Gasteiger partial charge in [-0.2, -0.15) is 0 Å². The van der Waals surface area contributed by atoms with Crippen molar-refractivity contribution in [1.29, 1.82) is 0 Å². The summed E-state index contributed by atoms with van der Waals surface area (Å²) in [7, 11) is 1.72. The highest BCUT2D eigenvalue weighted by molar-refractivity contribution is 5.91. The number of nitrogens with one attached hydrogen (secondary N) is 1. The van der Waals surface area contributed by atoms with Gasteiger partial charge >= 0.3 is 0 Å². The summed E-state index contributed by atoms with van der Waals surface area (Å²) in [5.41, 5.74) is 3.21. The number of pyridine rings is 1. The Kier molecular flexibility index (Phi) is 5.42. The molecule has 154 valence electrons. The van der Waals surface area contributed by atoms with E-state index in [1.165, 1.54) is 0 Å². The molecule has 1 aliphatic carbocycles. The molecule has 1 fully saturated rings. The van der Waals surface area contributed by atoms with E-state index in [2.05, 4.69) is 11.6 Å². The van der Waals surface area contributed by atoms with Gasteiger partial charge in [0.25, 0.3) is 0 Å². The lowest BCUT2D eigenvalue weighted by molar-refractivity contribution is 0.0720.